The minimum Gasteiger partial charge on any atom is -0.392 e. The maximum atomic E-state index is 13.5. The normalized spacial score (nSPS) is 19.9. The Morgan fingerprint density at radius 2 is 1.83 bits per heavy atom. The van der Waals surface area contributed by atoms with Gasteiger partial charge in [-0.15, -0.1) is 0 Å². The maximum absolute atomic E-state index is 13.5. The number of halogens is 1. The lowest BCUT2D eigenvalue weighted by Gasteiger charge is -2.27. The van der Waals surface area contributed by atoms with Crippen molar-refractivity contribution in [1.82, 2.24) is 0 Å². The van der Waals surface area contributed by atoms with Crippen LogP contribution in [0.5, 0.6) is 0 Å². The predicted molar refractivity (Wildman–Crippen MR) is 92.1 cm³/mol. The van der Waals surface area contributed by atoms with E-state index in [1.165, 1.54) is 12.1 Å². The number of benzene rings is 3. The maximum Gasteiger partial charge on any atom is 0.123 e. The van der Waals surface area contributed by atoms with Gasteiger partial charge in [0, 0.05) is 0 Å². The highest BCUT2D eigenvalue weighted by Crippen LogP contribution is 2.41. The largest absolute Gasteiger partial charge is 0.392 e. The van der Waals surface area contributed by atoms with Gasteiger partial charge in [0.2, 0.25) is 0 Å². The van der Waals surface area contributed by atoms with Crippen LogP contribution in [0.1, 0.15) is 28.4 Å². The van der Waals surface area contributed by atoms with E-state index in [9.17, 15) is 19.7 Å². The van der Waals surface area contributed by atoms with E-state index in [0.717, 1.165) is 32.7 Å². The van der Waals surface area contributed by atoms with Crippen LogP contribution in [0.3, 0.4) is 0 Å². The Morgan fingerprint density at radius 1 is 1.08 bits per heavy atom. The average molecular weight is 324 g/mol. The van der Waals surface area contributed by atoms with Crippen molar-refractivity contribution in [3.63, 3.8) is 0 Å². The minimum absolute atomic E-state index is 0.247. The monoisotopic (exact) mass is 324 g/mol. The zero-order valence-electron chi connectivity index (χ0n) is 13.1. The van der Waals surface area contributed by atoms with Gasteiger partial charge in [-0.2, -0.15) is 0 Å². The number of hydrogen-bond donors (Lipinski definition) is 3. The van der Waals surface area contributed by atoms with E-state index in [1.54, 1.807) is 18.2 Å². The van der Waals surface area contributed by atoms with Crippen molar-refractivity contribution in [3.8, 4) is 0 Å². The molecular weight excluding hydrogens is 307 g/mol. The molecule has 1 aliphatic rings. The molecule has 3 nitrogen and oxygen atoms in total. The Morgan fingerprint density at radius 3 is 2.58 bits per heavy atom. The first-order chi connectivity index (χ1) is 11.5. The van der Waals surface area contributed by atoms with Crippen LogP contribution in [0.4, 0.5) is 4.39 Å². The van der Waals surface area contributed by atoms with Crippen LogP contribution in [0.25, 0.3) is 27.6 Å². The molecule has 0 bridgehead atoms. The summed E-state index contributed by atoms with van der Waals surface area (Å²) in [5.41, 5.74) is 2.92. The van der Waals surface area contributed by atoms with Gasteiger partial charge in [-0.1, -0.05) is 30.4 Å². The van der Waals surface area contributed by atoms with E-state index in [2.05, 4.69) is 0 Å². The number of aliphatic hydroxyl groups is 3. The Bertz CT molecular complexity index is 1010. The zero-order chi connectivity index (χ0) is 17.0. The smallest absolute Gasteiger partial charge is 0.123 e. The predicted octanol–water partition coefficient (Wildman–Crippen LogP) is 3.35. The van der Waals surface area contributed by atoms with Gasteiger partial charge in [-0.05, 0) is 62.9 Å². The summed E-state index contributed by atoms with van der Waals surface area (Å²) in [7, 11) is 0. The molecule has 24 heavy (non-hydrogen) atoms. The van der Waals surface area contributed by atoms with E-state index >= 15 is 0 Å². The molecule has 0 saturated heterocycles. The Hall–Kier alpha value is -2.27. The van der Waals surface area contributed by atoms with Crippen molar-refractivity contribution in [1.29, 1.82) is 0 Å². The van der Waals surface area contributed by atoms with E-state index in [4.69, 9.17) is 0 Å². The highest BCUT2D eigenvalue weighted by atomic mass is 19.1. The van der Waals surface area contributed by atoms with Crippen LogP contribution in [0.15, 0.2) is 36.4 Å². The quantitative estimate of drug-likeness (QED) is 0.602. The Labute approximate surface area is 138 Å². The third-order valence-electron chi connectivity index (χ3n) is 4.94. The van der Waals surface area contributed by atoms with Gasteiger partial charge in [-0.25, -0.2) is 4.39 Å². The third kappa shape index (κ3) is 2.01. The van der Waals surface area contributed by atoms with Crippen molar-refractivity contribution in [2.75, 3.05) is 0 Å². The van der Waals surface area contributed by atoms with Crippen molar-refractivity contribution in [2.24, 2.45) is 0 Å². The van der Waals surface area contributed by atoms with E-state index < -0.39 is 12.2 Å². The molecular formula is C20H17FO3. The number of fused-ring (bicyclic) bond motifs is 4. The van der Waals surface area contributed by atoms with Crippen LogP contribution in [-0.4, -0.2) is 21.4 Å². The molecule has 0 heterocycles. The molecule has 0 radical (unpaired) electrons. The fraction of sp³-hybridized carbons (Fsp3) is 0.200. The van der Waals surface area contributed by atoms with Crippen LogP contribution in [-0.2, 0) is 6.61 Å². The molecule has 0 unspecified atom stereocenters. The lowest BCUT2D eigenvalue weighted by Crippen LogP contribution is -2.22. The first-order valence-corrected chi connectivity index (χ1v) is 7.85. The second-order valence-corrected chi connectivity index (χ2v) is 6.24. The summed E-state index contributed by atoms with van der Waals surface area (Å²) in [6.45, 7) is 1.70. The van der Waals surface area contributed by atoms with Crippen LogP contribution in [0, 0.1) is 12.7 Å². The van der Waals surface area contributed by atoms with Gasteiger partial charge in [0.1, 0.15) is 18.0 Å². The molecule has 0 aromatic heterocycles. The van der Waals surface area contributed by atoms with E-state index in [0.29, 0.717) is 11.1 Å². The molecule has 0 spiro atoms. The fourth-order valence-corrected chi connectivity index (χ4v) is 3.79. The van der Waals surface area contributed by atoms with Gasteiger partial charge < -0.3 is 15.3 Å². The molecule has 1 aliphatic carbocycles. The standard InChI is InChI=1S/C20H17FO3/c1-10-13-6-7-17(23)20(24)19(13)16(9-22)15-4-2-11-8-12(21)3-5-14(11)18(10)15/h2-8,17,20,22-24H,9H2,1H3/t17-,20+/m0/s1. The number of aliphatic hydroxyl groups excluding tert-OH is 3. The highest BCUT2D eigenvalue weighted by molar-refractivity contribution is 6.11. The second-order valence-electron chi connectivity index (χ2n) is 6.24. The molecule has 0 saturated carbocycles. The molecule has 4 rings (SSSR count). The lowest BCUT2D eigenvalue weighted by atomic mass is 9.81. The molecule has 0 fully saturated rings. The Balaban J connectivity index is 2.22. The lowest BCUT2D eigenvalue weighted by molar-refractivity contribution is 0.0457. The molecule has 4 heteroatoms. The summed E-state index contributed by atoms with van der Waals surface area (Å²) in [4.78, 5) is 0. The number of hydrogen-bond acceptors (Lipinski definition) is 3. The summed E-state index contributed by atoms with van der Waals surface area (Å²) < 4.78 is 13.5. The third-order valence-corrected chi connectivity index (χ3v) is 4.94. The highest BCUT2D eigenvalue weighted by Gasteiger charge is 2.28. The molecule has 0 aliphatic heterocycles. The molecule has 3 N–H and O–H groups in total. The summed E-state index contributed by atoms with van der Waals surface area (Å²) in [6.07, 6.45) is 1.27. The summed E-state index contributed by atoms with van der Waals surface area (Å²) in [5.74, 6) is -0.293. The van der Waals surface area contributed by atoms with Crippen molar-refractivity contribution < 1.29 is 19.7 Å². The summed E-state index contributed by atoms with van der Waals surface area (Å²) in [5, 5.41) is 33.7. The summed E-state index contributed by atoms with van der Waals surface area (Å²) in [6, 6.07) is 8.31. The first-order valence-electron chi connectivity index (χ1n) is 7.85. The van der Waals surface area contributed by atoms with Crippen LogP contribution in [0.2, 0.25) is 0 Å². The minimum atomic E-state index is -1.07. The van der Waals surface area contributed by atoms with Gasteiger partial charge in [0.05, 0.1) is 6.61 Å². The van der Waals surface area contributed by atoms with Gasteiger partial charge in [-0.3, -0.25) is 0 Å². The molecule has 0 amide bonds. The second kappa shape index (κ2) is 5.38. The molecule has 122 valence electrons. The van der Waals surface area contributed by atoms with E-state index in [1.807, 2.05) is 19.1 Å². The SMILES string of the molecule is Cc1c2c(c(CO)c3ccc4cc(F)ccc4c13)[C@H](O)[C@@H](O)C=C2. The molecule has 2 atom stereocenters. The van der Waals surface area contributed by atoms with Gasteiger partial charge in [0.25, 0.3) is 0 Å². The van der Waals surface area contributed by atoms with Crippen molar-refractivity contribution >= 4 is 27.6 Å². The first kappa shape index (κ1) is 15.3. The zero-order valence-corrected chi connectivity index (χ0v) is 13.1. The number of aryl methyl sites for hydroxylation is 1. The van der Waals surface area contributed by atoms with Gasteiger partial charge >= 0.3 is 0 Å². The van der Waals surface area contributed by atoms with Crippen LogP contribution >= 0.6 is 0 Å². The van der Waals surface area contributed by atoms with E-state index in [-0.39, 0.29) is 12.4 Å². The van der Waals surface area contributed by atoms with Crippen molar-refractivity contribution in [3.05, 3.63) is 64.5 Å². The van der Waals surface area contributed by atoms with Crippen LogP contribution < -0.4 is 0 Å². The van der Waals surface area contributed by atoms with Crippen molar-refractivity contribution in [2.45, 2.75) is 25.7 Å². The molecule has 3 aromatic rings. The summed E-state index contributed by atoms with van der Waals surface area (Å²) >= 11 is 0. The Kier molecular flexibility index (Phi) is 3.42. The van der Waals surface area contributed by atoms with Gasteiger partial charge in [0.15, 0.2) is 0 Å². The average Bonchev–Trinajstić information content (AvgIpc) is 2.58. The topological polar surface area (TPSA) is 60.7 Å². The fourth-order valence-electron chi connectivity index (χ4n) is 3.79. The number of rotatable bonds is 1. The molecule has 3 aromatic carbocycles.